The van der Waals surface area contributed by atoms with Crippen LogP contribution < -0.4 is 11.2 Å². The van der Waals surface area contributed by atoms with Gasteiger partial charge in [-0.1, -0.05) is 11.3 Å². The van der Waals surface area contributed by atoms with Crippen molar-refractivity contribution in [1.82, 2.24) is 10.4 Å². The zero-order chi connectivity index (χ0) is 17.1. The summed E-state index contributed by atoms with van der Waals surface area (Å²) in [4.78, 5) is 25.9. The number of nitro benzene ring substituents is 1. The number of aryl methyl sites for hydroxylation is 1. The van der Waals surface area contributed by atoms with Gasteiger partial charge in [0.1, 0.15) is 10.6 Å². The number of nitrogens with zero attached hydrogens (tertiary/aromatic N) is 3. The maximum atomic E-state index is 11.9. The number of carbonyl (C=O) groups excluding carboxylic acids is 1. The predicted octanol–water partition coefficient (Wildman–Crippen LogP) is 1.12. The van der Waals surface area contributed by atoms with Gasteiger partial charge in [-0.15, -0.1) is 0 Å². The second kappa shape index (κ2) is 6.27. The van der Waals surface area contributed by atoms with Gasteiger partial charge in [0, 0.05) is 17.7 Å². The number of amides is 1. The highest BCUT2D eigenvalue weighted by Crippen LogP contribution is 2.31. The van der Waals surface area contributed by atoms with Gasteiger partial charge in [0.2, 0.25) is 0 Å². The van der Waals surface area contributed by atoms with Gasteiger partial charge < -0.3 is 15.9 Å². The number of thiazole rings is 1. The largest absolute Gasteiger partial charge is 0.507 e. The summed E-state index contributed by atoms with van der Waals surface area (Å²) in [5.74, 6) is -1.66. The highest BCUT2D eigenvalue weighted by molar-refractivity contribution is 7.17. The second-order valence-electron chi connectivity index (χ2n) is 4.32. The third-order valence-corrected chi connectivity index (χ3v) is 3.70. The smallest absolute Gasteiger partial charge is 0.311 e. The molecule has 0 saturated heterocycles. The minimum atomic E-state index is -0.811. The maximum Gasteiger partial charge on any atom is 0.311 e. The first-order valence-electron chi connectivity index (χ1n) is 6.06. The van der Waals surface area contributed by atoms with E-state index in [0.29, 0.717) is 5.69 Å². The molecule has 1 aromatic heterocycles. The van der Waals surface area contributed by atoms with Crippen molar-refractivity contribution in [3.8, 4) is 11.5 Å². The van der Waals surface area contributed by atoms with Crippen LogP contribution in [0.1, 0.15) is 20.9 Å². The number of rotatable bonds is 4. The molecule has 0 aliphatic carbocycles. The summed E-state index contributed by atoms with van der Waals surface area (Å²) in [5.41, 5.74) is 7.48. The number of aromatic nitrogens is 1. The zero-order valence-electron chi connectivity index (χ0n) is 11.7. The van der Waals surface area contributed by atoms with E-state index in [0.717, 1.165) is 29.7 Å². The lowest BCUT2D eigenvalue weighted by molar-refractivity contribution is -0.385. The van der Waals surface area contributed by atoms with Gasteiger partial charge in [-0.2, -0.15) is 5.10 Å². The van der Waals surface area contributed by atoms with Crippen LogP contribution in [0.3, 0.4) is 0 Å². The molecule has 5 N–H and O–H groups in total. The topological polar surface area (TPSA) is 164 Å². The third kappa shape index (κ3) is 3.52. The lowest BCUT2D eigenvalue weighted by Gasteiger charge is -2.01. The Hall–Kier alpha value is -3.21. The second-order valence-corrected chi connectivity index (χ2v) is 5.35. The molecule has 0 saturated carbocycles. The Balaban J connectivity index is 2.17. The first-order chi connectivity index (χ1) is 10.8. The highest BCUT2D eigenvalue weighted by atomic mass is 32.1. The average molecular weight is 337 g/mol. The fourth-order valence-corrected chi connectivity index (χ4v) is 2.39. The Morgan fingerprint density at radius 2 is 2.17 bits per heavy atom. The quantitative estimate of drug-likeness (QED) is 0.368. The molecule has 0 aliphatic rings. The Morgan fingerprint density at radius 1 is 1.48 bits per heavy atom. The first kappa shape index (κ1) is 16.2. The van der Waals surface area contributed by atoms with E-state index in [-0.39, 0.29) is 15.6 Å². The number of aromatic hydroxyl groups is 2. The molecule has 23 heavy (non-hydrogen) atoms. The number of hydrogen-bond donors (Lipinski definition) is 4. The number of nitrogen functional groups attached to an aromatic ring is 1. The summed E-state index contributed by atoms with van der Waals surface area (Å²) < 4.78 is 0. The summed E-state index contributed by atoms with van der Waals surface area (Å²) in [7, 11) is 0. The van der Waals surface area contributed by atoms with E-state index >= 15 is 0 Å². The molecule has 10 nitrogen and oxygen atoms in total. The van der Waals surface area contributed by atoms with Crippen molar-refractivity contribution >= 4 is 34.3 Å². The van der Waals surface area contributed by atoms with E-state index in [9.17, 15) is 25.1 Å². The van der Waals surface area contributed by atoms with E-state index in [4.69, 9.17) is 5.73 Å². The molecule has 1 heterocycles. The zero-order valence-corrected chi connectivity index (χ0v) is 12.5. The van der Waals surface area contributed by atoms with Gasteiger partial charge in [0.05, 0.1) is 16.8 Å². The van der Waals surface area contributed by atoms with Crippen LogP contribution in [-0.4, -0.2) is 32.2 Å². The fraction of sp³-hybridized carbons (Fsp3) is 0.0833. The number of carbonyl (C=O) groups is 1. The van der Waals surface area contributed by atoms with E-state index in [1.165, 1.54) is 0 Å². The van der Waals surface area contributed by atoms with Gasteiger partial charge in [-0.25, -0.2) is 10.4 Å². The summed E-state index contributed by atoms with van der Waals surface area (Å²) in [5, 5.41) is 33.5. The molecular formula is C12H11N5O5S. The fourth-order valence-electron chi connectivity index (χ4n) is 1.67. The molecule has 0 radical (unpaired) electrons. The molecule has 0 spiro atoms. The normalized spacial score (nSPS) is 10.8. The number of nitrogens with one attached hydrogen (secondary N) is 1. The van der Waals surface area contributed by atoms with Crippen molar-refractivity contribution in [2.75, 3.05) is 5.73 Å². The number of hydrazone groups is 1. The summed E-state index contributed by atoms with van der Waals surface area (Å²) in [6.07, 6.45) is 1.01. The first-order valence-corrected chi connectivity index (χ1v) is 6.88. The summed E-state index contributed by atoms with van der Waals surface area (Å²) >= 11 is 0.989. The minimum Gasteiger partial charge on any atom is -0.507 e. The number of phenolic OH excluding ortho intramolecular Hbond substituents is 2. The lowest BCUT2D eigenvalue weighted by atomic mass is 10.2. The third-order valence-electron chi connectivity index (χ3n) is 2.71. The van der Waals surface area contributed by atoms with E-state index in [1.54, 1.807) is 6.92 Å². The van der Waals surface area contributed by atoms with Gasteiger partial charge in [0.25, 0.3) is 5.91 Å². The van der Waals surface area contributed by atoms with E-state index < -0.39 is 28.0 Å². The molecule has 0 bridgehead atoms. The Labute approximate surface area is 133 Å². The molecule has 1 amide bonds. The molecular weight excluding hydrogens is 326 g/mol. The van der Waals surface area contributed by atoms with Crippen molar-refractivity contribution < 1.29 is 19.9 Å². The molecule has 2 aromatic rings. The average Bonchev–Trinajstić information content (AvgIpc) is 2.79. The van der Waals surface area contributed by atoms with Gasteiger partial charge in [-0.05, 0) is 6.92 Å². The molecule has 120 valence electrons. The minimum absolute atomic E-state index is 0.0460. The van der Waals surface area contributed by atoms with Gasteiger partial charge in [-0.3, -0.25) is 14.9 Å². The van der Waals surface area contributed by atoms with Crippen LogP contribution in [0, 0.1) is 17.0 Å². The Kier molecular flexibility index (Phi) is 4.41. The van der Waals surface area contributed by atoms with Crippen LogP contribution in [0.5, 0.6) is 11.5 Å². The summed E-state index contributed by atoms with van der Waals surface area (Å²) in [6.45, 7) is 1.61. The monoisotopic (exact) mass is 337 g/mol. The number of phenols is 2. The number of anilines is 1. The molecule has 1 aromatic carbocycles. The number of hydrogen-bond acceptors (Lipinski definition) is 9. The van der Waals surface area contributed by atoms with Crippen molar-refractivity contribution in [1.29, 1.82) is 0 Å². The Morgan fingerprint density at radius 3 is 2.74 bits per heavy atom. The standard InChI is InChI=1S/C12H11N5O5S/c1-5-10(23-12(13)15-5)11(20)16-14-4-6-2-7(17(21)22)9(19)3-8(6)18/h2-4,18-19H,1H3,(H2,13,15)(H,16,20)/b14-4+. The highest BCUT2D eigenvalue weighted by Gasteiger charge is 2.17. The van der Waals surface area contributed by atoms with Crippen molar-refractivity contribution in [2.45, 2.75) is 6.92 Å². The summed E-state index contributed by atoms with van der Waals surface area (Å²) in [6, 6.07) is 1.74. The van der Waals surface area contributed by atoms with Crippen LogP contribution in [0.15, 0.2) is 17.2 Å². The lowest BCUT2D eigenvalue weighted by Crippen LogP contribution is -2.17. The van der Waals surface area contributed by atoms with Gasteiger partial charge in [0.15, 0.2) is 10.9 Å². The molecule has 0 unspecified atom stereocenters. The SMILES string of the molecule is Cc1nc(N)sc1C(=O)N/N=C/c1cc([N+](=O)[O-])c(O)cc1O. The van der Waals surface area contributed by atoms with Crippen molar-refractivity contribution in [3.63, 3.8) is 0 Å². The van der Waals surface area contributed by atoms with Crippen LogP contribution >= 0.6 is 11.3 Å². The molecule has 11 heteroatoms. The van der Waals surface area contributed by atoms with Crippen LogP contribution in [0.4, 0.5) is 10.8 Å². The number of nitrogens with two attached hydrogens (primary N) is 1. The maximum absolute atomic E-state index is 11.9. The Bertz CT molecular complexity index is 816. The van der Waals surface area contributed by atoms with Crippen LogP contribution in [0.2, 0.25) is 0 Å². The molecule has 0 aliphatic heterocycles. The van der Waals surface area contributed by atoms with E-state index in [2.05, 4.69) is 15.5 Å². The molecule has 0 atom stereocenters. The predicted molar refractivity (Wildman–Crippen MR) is 82.7 cm³/mol. The molecule has 2 rings (SSSR count). The van der Waals surface area contributed by atoms with E-state index in [1.807, 2.05) is 0 Å². The number of nitro groups is 1. The molecule has 0 fully saturated rings. The van der Waals surface area contributed by atoms with Crippen LogP contribution in [-0.2, 0) is 0 Å². The van der Waals surface area contributed by atoms with Crippen molar-refractivity contribution in [2.24, 2.45) is 5.10 Å². The van der Waals surface area contributed by atoms with Crippen LogP contribution in [0.25, 0.3) is 0 Å². The van der Waals surface area contributed by atoms with Gasteiger partial charge >= 0.3 is 5.69 Å². The van der Waals surface area contributed by atoms with Crippen molar-refractivity contribution in [3.05, 3.63) is 38.4 Å². The number of benzene rings is 1.